The first-order valence-corrected chi connectivity index (χ1v) is 5.36. The molecule has 0 saturated heterocycles. The molecule has 0 aliphatic carbocycles. The molecule has 0 bridgehead atoms. The van der Waals surface area contributed by atoms with Crippen LogP contribution in [0.25, 0.3) is 0 Å². The number of hydrogen-bond donors (Lipinski definition) is 1. The highest BCUT2D eigenvalue weighted by Crippen LogP contribution is 2.27. The lowest BCUT2D eigenvalue weighted by molar-refractivity contribution is 0.332. The van der Waals surface area contributed by atoms with Crippen molar-refractivity contribution in [2.75, 3.05) is 6.61 Å². The van der Waals surface area contributed by atoms with Crippen molar-refractivity contribution in [2.24, 2.45) is 5.73 Å². The van der Waals surface area contributed by atoms with E-state index in [0.717, 1.165) is 18.4 Å². The van der Waals surface area contributed by atoms with Crippen LogP contribution in [0.4, 0.5) is 4.39 Å². The molecule has 15 heavy (non-hydrogen) atoms. The van der Waals surface area contributed by atoms with E-state index in [0.29, 0.717) is 12.4 Å². The highest BCUT2D eigenvalue weighted by atomic mass is 19.1. The third kappa shape index (κ3) is 3.20. The van der Waals surface area contributed by atoms with E-state index in [-0.39, 0.29) is 11.9 Å². The fraction of sp³-hybridized carbons (Fsp3) is 0.500. The van der Waals surface area contributed by atoms with Gasteiger partial charge in [-0.05, 0) is 31.5 Å². The molecule has 1 aromatic rings. The van der Waals surface area contributed by atoms with Crippen molar-refractivity contribution >= 4 is 0 Å². The van der Waals surface area contributed by atoms with Crippen LogP contribution >= 0.6 is 0 Å². The van der Waals surface area contributed by atoms with Crippen LogP contribution in [-0.4, -0.2) is 6.61 Å². The summed E-state index contributed by atoms with van der Waals surface area (Å²) in [6.45, 7) is 4.52. The minimum absolute atomic E-state index is 0.146. The molecule has 84 valence electrons. The summed E-state index contributed by atoms with van der Waals surface area (Å²) in [6.07, 6.45) is 1.81. The van der Waals surface area contributed by atoms with Gasteiger partial charge in [-0.2, -0.15) is 0 Å². The minimum atomic E-state index is -0.264. The maximum absolute atomic E-state index is 13.1. The van der Waals surface area contributed by atoms with Gasteiger partial charge in [0.25, 0.3) is 0 Å². The van der Waals surface area contributed by atoms with E-state index < -0.39 is 0 Å². The van der Waals surface area contributed by atoms with Crippen LogP contribution in [0.2, 0.25) is 0 Å². The van der Waals surface area contributed by atoms with Gasteiger partial charge in [-0.3, -0.25) is 0 Å². The molecule has 2 N–H and O–H groups in total. The average molecular weight is 211 g/mol. The molecular weight excluding hydrogens is 193 g/mol. The molecule has 0 heterocycles. The second-order valence-electron chi connectivity index (χ2n) is 3.51. The Morgan fingerprint density at radius 2 is 2.13 bits per heavy atom. The maximum atomic E-state index is 13.1. The van der Waals surface area contributed by atoms with Gasteiger partial charge in [-0.15, -0.1) is 0 Å². The van der Waals surface area contributed by atoms with Crippen molar-refractivity contribution < 1.29 is 9.13 Å². The van der Waals surface area contributed by atoms with Gasteiger partial charge in [0.15, 0.2) is 0 Å². The third-order valence-corrected chi connectivity index (χ3v) is 2.27. The first-order valence-electron chi connectivity index (χ1n) is 5.36. The standard InChI is InChI=1S/C12H18FNO/c1-3-5-11(14)10-8-9(13)6-7-12(10)15-4-2/h6-8,11H,3-5,14H2,1-2H3. The van der Waals surface area contributed by atoms with Crippen molar-refractivity contribution in [1.82, 2.24) is 0 Å². The Balaban J connectivity index is 2.95. The first-order chi connectivity index (χ1) is 7.19. The fourth-order valence-electron chi connectivity index (χ4n) is 1.56. The van der Waals surface area contributed by atoms with Gasteiger partial charge in [0.1, 0.15) is 11.6 Å². The Labute approximate surface area is 90.2 Å². The van der Waals surface area contributed by atoms with Crippen LogP contribution in [-0.2, 0) is 0 Å². The Morgan fingerprint density at radius 1 is 1.40 bits per heavy atom. The van der Waals surface area contributed by atoms with E-state index in [9.17, 15) is 4.39 Å². The van der Waals surface area contributed by atoms with Gasteiger partial charge in [0.2, 0.25) is 0 Å². The van der Waals surface area contributed by atoms with Crippen LogP contribution < -0.4 is 10.5 Å². The van der Waals surface area contributed by atoms with Crippen molar-refractivity contribution in [2.45, 2.75) is 32.7 Å². The molecule has 0 saturated carbocycles. The average Bonchev–Trinajstić information content (AvgIpc) is 2.21. The zero-order valence-corrected chi connectivity index (χ0v) is 9.29. The summed E-state index contributed by atoms with van der Waals surface area (Å²) in [5, 5.41) is 0. The van der Waals surface area contributed by atoms with E-state index in [1.807, 2.05) is 6.92 Å². The number of nitrogens with two attached hydrogens (primary N) is 1. The molecule has 0 fully saturated rings. The molecule has 0 amide bonds. The molecule has 0 aliphatic rings. The predicted octanol–water partition coefficient (Wildman–Crippen LogP) is 3.02. The third-order valence-electron chi connectivity index (χ3n) is 2.27. The Morgan fingerprint density at radius 3 is 2.73 bits per heavy atom. The van der Waals surface area contributed by atoms with Gasteiger partial charge in [0.05, 0.1) is 6.61 Å². The van der Waals surface area contributed by atoms with Crippen molar-refractivity contribution in [3.63, 3.8) is 0 Å². The van der Waals surface area contributed by atoms with Gasteiger partial charge in [-0.1, -0.05) is 13.3 Å². The van der Waals surface area contributed by atoms with Gasteiger partial charge >= 0.3 is 0 Å². The number of halogens is 1. The SMILES string of the molecule is CCCC(N)c1cc(F)ccc1OCC. The molecule has 2 nitrogen and oxygen atoms in total. The largest absolute Gasteiger partial charge is 0.494 e. The van der Waals surface area contributed by atoms with E-state index in [1.165, 1.54) is 12.1 Å². The topological polar surface area (TPSA) is 35.2 Å². The van der Waals surface area contributed by atoms with Crippen molar-refractivity contribution in [3.05, 3.63) is 29.6 Å². The summed E-state index contributed by atoms with van der Waals surface area (Å²) in [5.74, 6) is 0.430. The molecule has 0 aromatic heterocycles. The number of ether oxygens (including phenoxy) is 1. The van der Waals surface area contributed by atoms with Crippen LogP contribution in [0.3, 0.4) is 0 Å². The van der Waals surface area contributed by atoms with Crippen LogP contribution in [0.5, 0.6) is 5.75 Å². The zero-order valence-electron chi connectivity index (χ0n) is 9.29. The number of rotatable bonds is 5. The van der Waals surface area contributed by atoms with Crippen LogP contribution in [0.1, 0.15) is 38.3 Å². The van der Waals surface area contributed by atoms with Crippen molar-refractivity contribution in [3.8, 4) is 5.75 Å². The number of hydrogen-bond acceptors (Lipinski definition) is 2. The lowest BCUT2D eigenvalue weighted by Crippen LogP contribution is -2.12. The predicted molar refractivity (Wildman–Crippen MR) is 59.4 cm³/mol. The monoisotopic (exact) mass is 211 g/mol. The fourth-order valence-corrected chi connectivity index (χ4v) is 1.56. The van der Waals surface area contributed by atoms with E-state index >= 15 is 0 Å². The molecule has 0 radical (unpaired) electrons. The summed E-state index contributed by atoms with van der Waals surface area (Å²) in [7, 11) is 0. The quantitative estimate of drug-likeness (QED) is 0.812. The van der Waals surface area contributed by atoms with Crippen molar-refractivity contribution in [1.29, 1.82) is 0 Å². The van der Waals surface area contributed by atoms with Gasteiger partial charge < -0.3 is 10.5 Å². The highest BCUT2D eigenvalue weighted by molar-refractivity contribution is 5.36. The summed E-state index contributed by atoms with van der Waals surface area (Å²) in [6, 6.07) is 4.36. The van der Waals surface area contributed by atoms with Crippen LogP contribution in [0.15, 0.2) is 18.2 Å². The second-order valence-corrected chi connectivity index (χ2v) is 3.51. The molecule has 0 aliphatic heterocycles. The highest BCUT2D eigenvalue weighted by Gasteiger charge is 2.12. The van der Waals surface area contributed by atoms with E-state index in [4.69, 9.17) is 10.5 Å². The van der Waals surface area contributed by atoms with Crippen LogP contribution in [0, 0.1) is 5.82 Å². The molecule has 0 spiro atoms. The Bertz CT molecular complexity index is 314. The Kier molecular flexibility index (Phi) is 4.56. The molecule has 1 aromatic carbocycles. The smallest absolute Gasteiger partial charge is 0.124 e. The molecular formula is C12H18FNO. The van der Waals surface area contributed by atoms with Gasteiger partial charge in [-0.25, -0.2) is 4.39 Å². The van der Waals surface area contributed by atoms with Gasteiger partial charge in [0, 0.05) is 11.6 Å². The lowest BCUT2D eigenvalue weighted by atomic mass is 10.0. The molecule has 1 rings (SSSR count). The summed E-state index contributed by atoms with van der Waals surface area (Å²) in [5.41, 5.74) is 6.72. The normalized spacial score (nSPS) is 12.5. The Hall–Kier alpha value is -1.09. The minimum Gasteiger partial charge on any atom is -0.494 e. The summed E-state index contributed by atoms with van der Waals surface area (Å²) in [4.78, 5) is 0. The zero-order chi connectivity index (χ0) is 11.3. The molecule has 3 heteroatoms. The maximum Gasteiger partial charge on any atom is 0.124 e. The lowest BCUT2D eigenvalue weighted by Gasteiger charge is -2.15. The first kappa shape index (κ1) is 12.0. The second kappa shape index (κ2) is 5.71. The number of benzene rings is 1. The van der Waals surface area contributed by atoms with E-state index in [2.05, 4.69) is 6.92 Å². The summed E-state index contributed by atoms with van der Waals surface area (Å²) < 4.78 is 18.5. The summed E-state index contributed by atoms with van der Waals surface area (Å²) >= 11 is 0. The molecule has 1 atom stereocenters. The molecule has 1 unspecified atom stereocenters. The van der Waals surface area contributed by atoms with E-state index in [1.54, 1.807) is 6.07 Å².